The normalized spacial score (nSPS) is 16.6. The summed E-state index contributed by atoms with van der Waals surface area (Å²) in [5.41, 5.74) is -2.03. The van der Waals surface area contributed by atoms with Crippen LogP contribution in [-0.4, -0.2) is 29.9 Å². The van der Waals surface area contributed by atoms with Gasteiger partial charge in [0.25, 0.3) is 5.56 Å². The topological polar surface area (TPSA) is 82.1 Å². The molecule has 0 aliphatic rings. The number of unbranched alkanes of at least 4 members (excludes halogenated alkanes) is 1. The maximum absolute atomic E-state index is 12.6. The number of nitrogens with zero attached hydrogens (tertiary/aromatic N) is 4. The second-order valence-electron chi connectivity index (χ2n) is 4.86. The van der Waals surface area contributed by atoms with E-state index in [2.05, 4.69) is 4.98 Å². The average molecular weight is 284 g/mol. The molecule has 110 valence electrons. The van der Waals surface area contributed by atoms with Crippen LogP contribution in [0.4, 0.5) is 0 Å². The lowest BCUT2D eigenvalue weighted by atomic mass is 10.2. The Morgan fingerprint density at radius 3 is 2.90 bits per heavy atom. The summed E-state index contributed by atoms with van der Waals surface area (Å²) < 4.78 is 32.8. The number of hydrogen-bond acceptors (Lipinski definition) is 4. The minimum atomic E-state index is -2.81. The lowest BCUT2D eigenvalue weighted by Gasteiger charge is -2.09. The van der Waals surface area contributed by atoms with Crippen molar-refractivity contribution in [3.8, 4) is 0 Å². The third-order valence-corrected chi connectivity index (χ3v) is 3.19. The monoisotopic (exact) mass is 284 g/mol. The molecule has 1 N–H and O–H groups in total. The predicted molar refractivity (Wildman–Crippen MR) is 75.7 cm³/mol. The number of aromatic nitrogens is 4. The molecule has 7 nitrogen and oxygen atoms in total. The van der Waals surface area contributed by atoms with E-state index in [9.17, 15) is 14.7 Å². The summed E-state index contributed by atoms with van der Waals surface area (Å²) >= 11 is 0. The number of imidazole rings is 1. The van der Waals surface area contributed by atoms with E-state index < -0.39 is 24.3 Å². The van der Waals surface area contributed by atoms with Crippen LogP contribution in [-0.2, 0) is 20.6 Å². The summed E-state index contributed by atoms with van der Waals surface area (Å²) in [6.07, 6.45) is 0.771. The first-order valence-electron chi connectivity index (χ1n) is 8.43. The first-order chi connectivity index (χ1) is 11.1. The van der Waals surface area contributed by atoms with Crippen LogP contribution in [0.3, 0.4) is 0 Å². The highest BCUT2D eigenvalue weighted by Gasteiger charge is 2.14. The van der Waals surface area contributed by atoms with Crippen molar-refractivity contribution < 1.29 is 10.6 Å². The molecule has 1 unspecified atom stereocenters. The lowest BCUT2D eigenvalue weighted by Crippen LogP contribution is -2.39. The van der Waals surface area contributed by atoms with Crippen LogP contribution in [0.25, 0.3) is 11.2 Å². The molecule has 20 heavy (non-hydrogen) atoms. The summed E-state index contributed by atoms with van der Waals surface area (Å²) in [6, 6.07) is 0. The van der Waals surface area contributed by atoms with E-state index in [-0.39, 0.29) is 24.0 Å². The third-order valence-electron chi connectivity index (χ3n) is 3.19. The van der Waals surface area contributed by atoms with Gasteiger partial charge in [0, 0.05) is 24.7 Å². The van der Waals surface area contributed by atoms with E-state index >= 15 is 0 Å². The Balaban J connectivity index is 2.62. The molecule has 2 aromatic heterocycles. The number of aliphatic hydroxyl groups is 1. The molecule has 2 aromatic rings. The van der Waals surface area contributed by atoms with Crippen molar-refractivity contribution >= 4 is 11.2 Å². The Morgan fingerprint density at radius 2 is 2.25 bits per heavy atom. The van der Waals surface area contributed by atoms with Crippen molar-refractivity contribution in [2.75, 3.05) is 0 Å². The summed E-state index contributed by atoms with van der Waals surface area (Å²) in [5.74, 6) is 0. The fourth-order valence-electron chi connectivity index (χ4n) is 2.10. The van der Waals surface area contributed by atoms with Gasteiger partial charge in [0.05, 0.1) is 12.4 Å². The molecule has 1 atom stereocenters. The van der Waals surface area contributed by atoms with E-state index in [0.29, 0.717) is 23.8 Å². The van der Waals surface area contributed by atoms with Crippen molar-refractivity contribution in [2.24, 2.45) is 14.0 Å². The number of aliphatic hydroxyl groups excluding tert-OH is 1. The van der Waals surface area contributed by atoms with Crippen LogP contribution in [0.1, 0.15) is 31.7 Å². The summed E-state index contributed by atoms with van der Waals surface area (Å²) in [5, 5.41) is 9.25. The number of aryl methyl sites for hydroxylation is 2. The SMILES string of the molecule is [2H]c1nc2c(c(=O)n(CCCCC(C)O)c(=O)n2C([2H])([2H])[2H])n1C. The van der Waals surface area contributed by atoms with Crippen molar-refractivity contribution in [1.29, 1.82) is 0 Å². The van der Waals surface area contributed by atoms with Crippen LogP contribution in [0.2, 0.25) is 0 Å². The molecule has 0 amide bonds. The van der Waals surface area contributed by atoms with Gasteiger partial charge in [0.2, 0.25) is 0 Å². The van der Waals surface area contributed by atoms with E-state index in [1.165, 1.54) is 7.05 Å². The zero-order valence-electron chi connectivity index (χ0n) is 15.5. The molecule has 0 aliphatic carbocycles. The first-order valence-corrected chi connectivity index (χ1v) is 6.43. The third kappa shape index (κ3) is 2.53. The molecule has 0 fully saturated rings. The molecule has 0 saturated heterocycles. The number of rotatable bonds is 5. The van der Waals surface area contributed by atoms with Gasteiger partial charge in [-0.25, -0.2) is 9.78 Å². The van der Waals surface area contributed by atoms with E-state index in [4.69, 9.17) is 5.48 Å². The standard InChI is InChI=1S/C13H20N4O3/c1-9(18)6-4-5-7-17-12(19)10-11(14-8-15(10)2)16(3)13(17)20/h8-9,18H,4-7H2,1-3H3/i3D3,8D. The van der Waals surface area contributed by atoms with Crippen molar-refractivity contribution in [3.63, 3.8) is 0 Å². The summed E-state index contributed by atoms with van der Waals surface area (Å²) in [6.45, 7) is -1.13. The smallest absolute Gasteiger partial charge is 0.332 e. The van der Waals surface area contributed by atoms with Crippen molar-refractivity contribution in [3.05, 3.63) is 27.1 Å². The Bertz CT molecular complexity index is 863. The molecule has 0 spiro atoms. The Morgan fingerprint density at radius 1 is 1.50 bits per heavy atom. The highest BCUT2D eigenvalue weighted by atomic mass is 16.3. The highest BCUT2D eigenvalue weighted by molar-refractivity contribution is 5.69. The minimum Gasteiger partial charge on any atom is -0.393 e. The minimum absolute atomic E-state index is 0.0366. The van der Waals surface area contributed by atoms with Gasteiger partial charge < -0.3 is 9.67 Å². The van der Waals surface area contributed by atoms with Crippen LogP contribution < -0.4 is 11.2 Å². The number of fused-ring (bicyclic) bond motifs is 1. The fraction of sp³-hybridized carbons (Fsp3) is 0.615. The lowest BCUT2D eigenvalue weighted by molar-refractivity contribution is 0.180. The van der Waals surface area contributed by atoms with E-state index in [1.807, 2.05) is 0 Å². The zero-order valence-corrected chi connectivity index (χ0v) is 11.5. The fourth-order valence-corrected chi connectivity index (χ4v) is 2.10. The molecule has 2 heterocycles. The van der Waals surface area contributed by atoms with Gasteiger partial charge in [-0.1, -0.05) is 0 Å². The predicted octanol–water partition coefficient (Wildman–Crippen LogP) is -0.0152. The Hall–Kier alpha value is -1.89. The van der Waals surface area contributed by atoms with Gasteiger partial charge in [-0.3, -0.25) is 13.9 Å². The molecule has 0 bridgehead atoms. The molecule has 0 aliphatic heterocycles. The summed E-state index contributed by atoms with van der Waals surface area (Å²) in [7, 11) is 1.42. The molecular weight excluding hydrogens is 260 g/mol. The van der Waals surface area contributed by atoms with Gasteiger partial charge in [-0.05, 0) is 26.2 Å². The number of hydrogen-bond donors (Lipinski definition) is 1. The molecule has 0 saturated carbocycles. The second-order valence-corrected chi connectivity index (χ2v) is 4.86. The quantitative estimate of drug-likeness (QED) is 0.783. The second kappa shape index (κ2) is 5.62. The van der Waals surface area contributed by atoms with E-state index in [1.54, 1.807) is 6.92 Å². The molecule has 0 radical (unpaired) electrons. The van der Waals surface area contributed by atoms with Crippen LogP contribution in [0.5, 0.6) is 0 Å². The van der Waals surface area contributed by atoms with Crippen LogP contribution in [0, 0.1) is 0 Å². The zero-order chi connectivity index (χ0) is 18.2. The van der Waals surface area contributed by atoms with Crippen molar-refractivity contribution in [1.82, 2.24) is 18.7 Å². The van der Waals surface area contributed by atoms with Gasteiger partial charge >= 0.3 is 5.69 Å². The van der Waals surface area contributed by atoms with Gasteiger partial charge in [0.15, 0.2) is 11.2 Å². The molecule has 2 rings (SSSR count). The Kier molecular flexibility index (Phi) is 2.79. The van der Waals surface area contributed by atoms with Gasteiger partial charge in [0.1, 0.15) is 1.37 Å². The first kappa shape index (κ1) is 9.93. The van der Waals surface area contributed by atoms with E-state index in [0.717, 1.165) is 9.13 Å². The highest BCUT2D eigenvalue weighted by Crippen LogP contribution is 2.04. The van der Waals surface area contributed by atoms with Crippen molar-refractivity contribution in [2.45, 2.75) is 38.8 Å². The van der Waals surface area contributed by atoms with Crippen LogP contribution in [0.15, 0.2) is 15.9 Å². The van der Waals surface area contributed by atoms with Gasteiger partial charge in [-0.2, -0.15) is 0 Å². The molecule has 7 heteroatoms. The maximum Gasteiger partial charge on any atom is 0.332 e. The molecule has 0 aromatic carbocycles. The van der Waals surface area contributed by atoms with Crippen LogP contribution >= 0.6 is 0 Å². The maximum atomic E-state index is 12.6. The Labute approximate surface area is 121 Å². The largest absolute Gasteiger partial charge is 0.393 e. The average Bonchev–Trinajstić information content (AvgIpc) is 2.71. The summed E-state index contributed by atoms with van der Waals surface area (Å²) in [4.78, 5) is 28.8. The molecular formula is C13H20N4O3. The van der Waals surface area contributed by atoms with Gasteiger partial charge in [-0.15, -0.1) is 0 Å².